The Balaban J connectivity index is 1.55. The maximum Gasteiger partial charge on any atom is 0.225 e. The van der Waals surface area contributed by atoms with E-state index in [9.17, 15) is 9.59 Å². The van der Waals surface area contributed by atoms with Crippen LogP contribution in [0.25, 0.3) is 0 Å². The number of ether oxygens (including phenoxy) is 1. The first-order chi connectivity index (χ1) is 16.3. The number of carbonyl (C=O) groups excluding carboxylic acids is 2. The first kappa shape index (κ1) is 23.4. The number of carbonyl (C=O) groups is 2. The Kier molecular flexibility index (Phi) is 5.78. The summed E-state index contributed by atoms with van der Waals surface area (Å²) in [6, 6.07) is 6.01. The molecule has 5 rings (SSSR count). The molecule has 1 aromatic rings. The van der Waals surface area contributed by atoms with Gasteiger partial charge in [-0.15, -0.1) is 0 Å². The SMILES string of the molecule is COc1ccc(C)cc1C[C@@]1(C(N)=O)[C@H]2C=C[C@H](C23CC3)[C@@]1(CCCCN1CCCC1)C(N)=O. The van der Waals surface area contributed by atoms with Crippen LogP contribution in [-0.4, -0.2) is 43.5 Å². The average molecular weight is 466 g/mol. The lowest BCUT2D eigenvalue weighted by atomic mass is 9.53. The molecule has 1 spiro atoms. The molecule has 6 heteroatoms. The minimum absolute atomic E-state index is 0.0161. The molecule has 0 radical (unpaired) electrons. The van der Waals surface area contributed by atoms with Gasteiger partial charge in [0.15, 0.2) is 0 Å². The largest absolute Gasteiger partial charge is 0.496 e. The predicted molar refractivity (Wildman–Crippen MR) is 132 cm³/mol. The molecule has 3 fully saturated rings. The summed E-state index contributed by atoms with van der Waals surface area (Å²) in [4.78, 5) is 29.7. The van der Waals surface area contributed by atoms with E-state index >= 15 is 0 Å². The minimum Gasteiger partial charge on any atom is -0.496 e. The minimum atomic E-state index is -1.04. The van der Waals surface area contributed by atoms with Crippen molar-refractivity contribution in [3.8, 4) is 5.75 Å². The van der Waals surface area contributed by atoms with Crippen molar-refractivity contribution in [3.63, 3.8) is 0 Å². The molecule has 1 aliphatic heterocycles. The van der Waals surface area contributed by atoms with Crippen molar-refractivity contribution in [2.24, 2.45) is 39.5 Å². The zero-order valence-electron chi connectivity index (χ0n) is 20.6. The summed E-state index contributed by atoms with van der Waals surface area (Å²) < 4.78 is 5.68. The van der Waals surface area contributed by atoms with Crippen LogP contribution in [-0.2, 0) is 16.0 Å². The molecule has 184 valence electrons. The highest BCUT2D eigenvalue weighted by Crippen LogP contribution is 2.81. The van der Waals surface area contributed by atoms with E-state index in [4.69, 9.17) is 16.2 Å². The smallest absolute Gasteiger partial charge is 0.225 e. The lowest BCUT2D eigenvalue weighted by Gasteiger charge is -2.48. The first-order valence-electron chi connectivity index (χ1n) is 13.0. The number of hydrogen-bond donors (Lipinski definition) is 2. The van der Waals surface area contributed by atoms with Gasteiger partial charge < -0.3 is 21.1 Å². The number of benzene rings is 1. The third-order valence-corrected chi connectivity index (χ3v) is 9.70. The summed E-state index contributed by atoms with van der Waals surface area (Å²) >= 11 is 0. The van der Waals surface area contributed by atoms with E-state index in [2.05, 4.69) is 23.1 Å². The van der Waals surface area contributed by atoms with Crippen molar-refractivity contribution >= 4 is 11.8 Å². The molecule has 0 aromatic heterocycles. The van der Waals surface area contributed by atoms with E-state index in [-0.39, 0.29) is 23.2 Å². The van der Waals surface area contributed by atoms with E-state index in [1.54, 1.807) is 7.11 Å². The number of nitrogens with zero attached hydrogens (tertiary/aromatic N) is 1. The van der Waals surface area contributed by atoms with Crippen LogP contribution in [0.5, 0.6) is 5.75 Å². The van der Waals surface area contributed by atoms with E-state index in [1.807, 2.05) is 19.1 Å². The van der Waals surface area contributed by atoms with Crippen molar-refractivity contribution in [1.82, 2.24) is 4.90 Å². The highest BCUT2D eigenvalue weighted by molar-refractivity contribution is 5.95. The first-order valence-corrected chi connectivity index (χ1v) is 13.0. The standard InChI is InChI=1S/C28H39N3O3/c1-19-7-8-21(34-2)20(17-19)18-28(25(30)33)23-10-9-22(26(23)12-13-26)27(28,24(29)32)11-3-4-14-31-15-5-6-16-31/h7-10,17,22-23H,3-6,11-16,18H2,1-2H3,(H2,29,32)(H2,30,33)/t22-,23+,27+,28+/m1/s1. The molecule has 2 saturated carbocycles. The van der Waals surface area contributed by atoms with Gasteiger partial charge in [-0.2, -0.15) is 0 Å². The van der Waals surface area contributed by atoms with Crippen LogP contribution in [0.2, 0.25) is 0 Å². The fourth-order valence-corrected chi connectivity index (χ4v) is 8.12. The molecule has 2 bridgehead atoms. The van der Waals surface area contributed by atoms with Crippen molar-refractivity contribution in [3.05, 3.63) is 41.5 Å². The van der Waals surface area contributed by atoms with Crippen LogP contribution >= 0.6 is 0 Å². The summed E-state index contributed by atoms with van der Waals surface area (Å²) in [5.74, 6) is -0.0913. The Labute approximate surface area is 203 Å². The van der Waals surface area contributed by atoms with Crippen molar-refractivity contribution in [2.75, 3.05) is 26.7 Å². The Bertz CT molecular complexity index is 1010. The van der Waals surface area contributed by atoms with Gasteiger partial charge in [-0.25, -0.2) is 0 Å². The number of methoxy groups -OCH3 is 1. The maximum absolute atomic E-state index is 13.6. The van der Waals surface area contributed by atoms with Crippen molar-refractivity contribution in [1.29, 1.82) is 0 Å². The van der Waals surface area contributed by atoms with Gasteiger partial charge in [0.2, 0.25) is 11.8 Å². The zero-order valence-corrected chi connectivity index (χ0v) is 20.6. The number of allylic oxidation sites excluding steroid dienone is 2. The normalized spacial score (nSPS) is 33.0. The number of aryl methyl sites for hydroxylation is 1. The summed E-state index contributed by atoms with van der Waals surface area (Å²) in [6.07, 6.45) is 11.8. The van der Waals surface area contributed by atoms with E-state index < -0.39 is 16.7 Å². The quantitative estimate of drug-likeness (QED) is 0.409. The van der Waals surface area contributed by atoms with E-state index in [0.717, 1.165) is 62.2 Å². The van der Waals surface area contributed by atoms with Gasteiger partial charge in [-0.1, -0.05) is 36.3 Å². The van der Waals surface area contributed by atoms with Gasteiger partial charge in [0, 0.05) is 0 Å². The molecule has 4 aliphatic rings. The van der Waals surface area contributed by atoms with Gasteiger partial charge in [0.25, 0.3) is 0 Å². The molecule has 1 heterocycles. The monoisotopic (exact) mass is 465 g/mol. The number of rotatable bonds is 10. The highest BCUT2D eigenvalue weighted by Gasteiger charge is 2.81. The molecular formula is C28H39N3O3. The fraction of sp³-hybridized carbons (Fsp3) is 0.643. The zero-order chi connectivity index (χ0) is 24.1. The Morgan fingerprint density at radius 3 is 2.26 bits per heavy atom. The highest BCUT2D eigenvalue weighted by atomic mass is 16.5. The Morgan fingerprint density at radius 1 is 1.03 bits per heavy atom. The predicted octanol–water partition coefficient (Wildman–Crippen LogP) is 3.35. The van der Waals surface area contributed by atoms with Crippen LogP contribution in [0.4, 0.5) is 0 Å². The molecule has 4 N–H and O–H groups in total. The van der Waals surface area contributed by atoms with Gasteiger partial charge in [0.1, 0.15) is 5.75 Å². The number of hydrogen-bond acceptors (Lipinski definition) is 4. The molecular weight excluding hydrogens is 426 g/mol. The van der Waals surface area contributed by atoms with Crippen molar-refractivity contribution < 1.29 is 14.3 Å². The maximum atomic E-state index is 13.6. The molecule has 3 aliphatic carbocycles. The van der Waals surface area contributed by atoms with Crippen LogP contribution < -0.4 is 16.2 Å². The Hall–Kier alpha value is -2.34. The van der Waals surface area contributed by atoms with Crippen LogP contribution in [0.15, 0.2) is 30.4 Å². The van der Waals surface area contributed by atoms with Crippen molar-refractivity contribution in [2.45, 2.75) is 58.3 Å². The summed E-state index contributed by atoms with van der Waals surface area (Å²) in [7, 11) is 1.65. The van der Waals surface area contributed by atoms with Gasteiger partial charge in [-0.05, 0) is 100 Å². The second-order valence-corrected chi connectivity index (χ2v) is 11.2. The molecule has 34 heavy (non-hydrogen) atoms. The topological polar surface area (TPSA) is 98.7 Å². The number of unbranched alkanes of at least 4 members (excludes halogenated alkanes) is 1. The Morgan fingerprint density at radius 2 is 1.68 bits per heavy atom. The number of primary amides is 2. The summed E-state index contributed by atoms with van der Waals surface area (Å²) in [5.41, 5.74) is 12.6. The number of amides is 2. The fourth-order valence-electron chi connectivity index (χ4n) is 8.12. The lowest BCUT2D eigenvalue weighted by molar-refractivity contribution is -0.151. The van der Waals surface area contributed by atoms with E-state index in [1.165, 1.54) is 12.8 Å². The van der Waals surface area contributed by atoms with Crippen LogP contribution in [0.1, 0.15) is 56.1 Å². The van der Waals surface area contributed by atoms with Gasteiger partial charge >= 0.3 is 0 Å². The van der Waals surface area contributed by atoms with Crippen LogP contribution in [0.3, 0.4) is 0 Å². The second kappa shape index (κ2) is 8.40. The van der Waals surface area contributed by atoms with Gasteiger partial charge in [-0.3, -0.25) is 9.59 Å². The molecule has 1 saturated heterocycles. The number of likely N-dealkylation sites (tertiary alicyclic amines) is 1. The van der Waals surface area contributed by atoms with Crippen LogP contribution in [0, 0.1) is 35.0 Å². The average Bonchev–Trinajstić information content (AvgIpc) is 3.17. The lowest BCUT2D eigenvalue weighted by Crippen LogP contribution is -2.60. The molecule has 6 nitrogen and oxygen atoms in total. The third-order valence-electron chi connectivity index (χ3n) is 9.70. The molecule has 1 aromatic carbocycles. The van der Waals surface area contributed by atoms with Gasteiger partial charge in [0.05, 0.1) is 17.9 Å². The molecule has 2 amide bonds. The van der Waals surface area contributed by atoms with E-state index in [0.29, 0.717) is 12.8 Å². The number of nitrogens with two attached hydrogens (primary N) is 2. The second-order valence-electron chi connectivity index (χ2n) is 11.2. The summed E-state index contributed by atoms with van der Waals surface area (Å²) in [6.45, 7) is 5.40. The molecule has 0 unspecified atom stereocenters. The molecule has 4 atom stereocenters. The third kappa shape index (κ3) is 3.17. The summed E-state index contributed by atoms with van der Waals surface area (Å²) in [5, 5.41) is 0.